The molecule has 20 heavy (non-hydrogen) atoms. The number of phenolic OH excluding ortho intramolecular Hbond substituents is 1. The Morgan fingerprint density at radius 3 is 2.80 bits per heavy atom. The van der Waals surface area contributed by atoms with E-state index < -0.39 is 0 Å². The Morgan fingerprint density at radius 2 is 2.05 bits per heavy atom. The van der Waals surface area contributed by atoms with Crippen LogP contribution in [0.4, 0.5) is 5.69 Å². The Kier molecular flexibility index (Phi) is 3.14. The fraction of sp³-hybridized carbons (Fsp3) is 0.188. The Bertz CT molecular complexity index is 684. The molecule has 4 heteroatoms. The molecule has 1 amide bonds. The first-order valence-corrected chi connectivity index (χ1v) is 6.85. The lowest BCUT2D eigenvalue weighted by Crippen LogP contribution is -2.35. The Balaban J connectivity index is 2.03. The Hall–Kier alpha value is -2.00. The fourth-order valence-electron chi connectivity index (χ4n) is 2.69. The highest BCUT2D eigenvalue weighted by Crippen LogP contribution is 2.34. The quantitative estimate of drug-likeness (QED) is 0.870. The van der Waals surface area contributed by atoms with E-state index in [1.165, 1.54) is 6.07 Å². The summed E-state index contributed by atoms with van der Waals surface area (Å²) in [4.78, 5) is 14.4. The maximum absolute atomic E-state index is 12.7. The van der Waals surface area contributed by atoms with Gasteiger partial charge in [-0.05, 0) is 43.2 Å². The topological polar surface area (TPSA) is 40.5 Å². The predicted octanol–water partition coefficient (Wildman–Crippen LogP) is 3.64. The minimum Gasteiger partial charge on any atom is -0.507 e. The van der Waals surface area contributed by atoms with E-state index in [0.717, 1.165) is 17.7 Å². The molecule has 1 unspecified atom stereocenters. The zero-order valence-corrected chi connectivity index (χ0v) is 11.8. The SMILES string of the molecule is CC1Cc2ccccc2N1C(=O)c1ccc(Cl)cc1O. The Morgan fingerprint density at radius 1 is 1.30 bits per heavy atom. The number of aromatic hydroxyl groups is 1. The number of benzene rings is 2. The number of anilines is 1. The van der Waals surface area contributed by atoms with E-state index in [4.69, 9.17) is 11.6 Å². The van der Waals surface area contributed by atoms with Gasteiger partial charge in [0.25, 0.3) is 5.91 Å². The zero-order valence-electron chi connectivity index (χ0n) is 11.0. The van der Waals surface area contributed by atoms with Crippen LogP contribution in [-0.2, 0) is 6.42 Å². The molecule has 1 aliphatic heterocycles. The molecule has 0 spiro atoms. The van der Waals surface area contributed by atoms with Gasteiger partial charge >= 0.3 is 0 Å². The van der Waals surface area contributed by atoms with Crippen LogP contribution >= 0.6 is 11.6 Å². The Labute approximate surface area is 122 Å². The zero-order chi connectivity index (χ0) is 14.3. The molecule has 1 atom stereocenters. The summed E-state index contributed by atoms with van der Waals surface area (Å²) in [6.45, 7) is 2.00. The molecular weight excluding hydrogens is 274 g/mol. The molecule has 0 radical (unpaired) electrons. The highest BCUT2D eigenvalue weighted by atomic mass is 35.5. The second kappa shape index (κ2) is 4.84. The van der Waals surface area contributed by atoms with E-state index in [-0.39, 0.29) is 23.3 Å². The number of phenols is 1. The first-order valence-electron chi connectivity index (χ1n) is 6.48. The van der Waals surface area contributed by atoms with Crippen LogP contribution in [0.2, 0.25) is 5.02 Å². The second-order valence-corrected chi connectivity index (χ2v) is 5.45. The molecule has 1 N–H and O–H groups in total. The van der Waals surface area contributed by atoms with Crippen LogP contribution in [0.25, 0.3) is 0 Å². The highest BCUT2D eigenvalue weighted by molar-refractivity contribution is 6.31. The second-order valence-electron chi connectivity index (χ2n) is 5.02. The van der Waals surface area contributed by atoms with Crippen molar-refractivity contribution in [3.05, 3.63) is 58.6 Å². The summed E-state index contributed by atoms with van der Waals surface area (Å²) in [5, 5.41) is 10.3. The van der Waals surface area contributed by atoms with E-state index in [1.54, 1.807) is 17.0 Å². The molecule has 2 aromatic rings. The van der Waals surface area contributed by atoms with Gasteiger partial charge in [0, 0.05) is 16.8 Å². The number of hydrogen-bond acceptors (Lipinski definition) is 2. The van der Waals surface area contributed by atoms with E-state index in [2.05, 4.69) is 0 Å². The lowest BCUT2D eigenvalue weighted by Gasteiger charge is -2.23. The average molecular weight is 288 g/mol. The number of nitrogens with zero attached hydrogens (tertiary/aromatic N) is 1. The minimum atomic E-state index is -0.198. The van der Waals surface area contributed by atoms with Gasteiger partial charge in [-0.25, -0.2) is 0 Å². The molecule has 0 saturated heterocycles. The van der Waals surface area contributed by atoms with Gasteiger partial charge in [-0.15, -0.1) is 0 Å². The number of rotatable bonds is 1. The van der Waals surface area contributed by atoms with Crippen molar-refractivity contribution in [2.75, 3.05) is 4.90 Å². The summed E-state index contributed by atoms with van der Waals surface area (Å²) in [5.41, 5.74) is 2.35. The van der Waals surface area contributed by atoms with Gasteiger partial charge in [0.1, 0.15) is 5.75 Å². The van der Waals surface area contributed by atoms with Crippen molar-refractivity contribution in [1.82, 2.24) is 0 Å². The van der Waals surface area contributed by atoms with Crippen molar-refractivity contribution in [2.45, 2.75) is 19.4 Å². The number of halogens is 1. The molecule has 0 saturated carbocycles. The summed E-state index contributed by atoms with van der Waals surface area (Å²) in [5.74, 6) is -0.282. The van der Waals surface area contributed by atoms with E-state index in [9.17, 15) is 9.90 Å². The highest BCUT2D eigenvalue weighted by Gasteiger charge is 2.32. The van der Waals surface area contributed by atoms with E-state index in [0.29, 0.717) is 5.02 Å². The molecule has 3 rings (SSSR count). The number of amides is 1. The summed E-state index contributed by atoms with van der Waals surface area (Å²) in [6, 6.07) is 12.5. The largest absolute Gasteiger partial charge is 0.507 e. The van der Waals surface area contributed by atoms with Crippen molar-refractivity contribution in [1.29, 1.82) is 0 Å². The number of fused-ring (bicyclic) bond motifs is 1. The first-order chi connectivity index (χ1) is 9.58. The monoisotopic (exact) mass is 287 g/mol. The van der Waals surface area contributed by atoms with Gasteiger partial charge in [-0.2, -0.15) is 0 Å². The predicted molar refractivity (Wildman–Crippen MR) is 79.5 cm³/mol. The van der Waals surface area contributed by atoms with Gasteiger partial charge in [0.05, 0.1) is 5.56 Å². The molecule has 1 heterocycles. The van der Waals surface area contributed by atoms with E-state index >= 15 is 0 Å². The maximum atomic E-state index is 12.7. The molecule has 0 aromatic heterocycles. The number of carbonyl (C=O) groups is 1. The van der Waals surface area contributed by atoms with Gasteiger partial charge in [0.2, 0.25) is 0 Å². The third-order valence-corrected chi connectivity index (χ3v) is 3.85. The fourth-order valence-corrected chi connectivity index (χ4v) is 2.86. The lowest BCUT2D eigenvalue weighted by atomic mass is 10.1. The molecule has 2 aromatic carbocycles. The van der Waals surface area contributed by atoms with Crippen LogP contribution in [0, 0.1) is 0 Å². The smallest absolute Gasteiger partial charge is 0.262 e. The number of hydrogen-bond donors (Lipinski definition) is 1. The van der Waals surface area contributed by atoms with Crippen LogP contribution < -0.4 is 4.90 Å². The summed E-state index contributed by atoms with van der Waals surface area (Å²) < 4.78 is 0. The molecule has 102 valence electrons. The van der Waals surface area contributed by atoms with Crippen LogP contribution in [-0.4, -0.2) is 17.1 Å². The van der Waals surface area contributed by atoms with Crippen LogP contribution in [0.5, 0.6) is 5.75 Å². The molecule has 0 fully saturated rings. The summed E-state index contributed by atoms with van der Waals surface area (Å²) in [6.07, 6.45) is 0.830. The normalized spacial score (nSPS) is 17.1. The lowest BCUT2D eigenvalue weighted by molar-refractivity contribution is 0.0979. The third-order valence-electron chi connectivity index (χ3n) is 3.62. The molecular formula is C16H14ClNO2. The number of carbonyl (C=O) groups excluding carboxylic acids is 1. The molecule has 0 aliphatic carbocycles. The summed E-state index contributed by atoms with van der Waals surface area (Å²) >= 11 is 5.81. The molecule has 3 nitrogen and oxygen atoms in total. The summed E-state index contributed by atoms with van der Waals surface area (Å²) in [7, 11) is 0. The van der Waals surface area contributed by atoms with E-state index in [1.807, 2.05) is 31.2 Å². The number of para-hydroxylation sites is 1. The first kappa shape index (κ1) is 13.0. The minimum absolute atomic E-state index is 0.0787. The maximum Gasteiger partial charge on any atom is 0.262 e. The van der Waals surface area contributed by atoms with Crippen molar-refractivity contribution in [2.24, 2.45) is 0 Å². The average Bonchev–Trinajstić information content (AvgIpc) is 2.73. The van der Waals surface area contributed by atoms with Crippen molar-refractivity contribution >= 4 is 23.2 Å². The van der Waals surface area contributed by atoms with Gasteiger partial charge in [-0.3, -0.25) is 4.79 Å². The van der Waals surface area contributed by atoms with Gasteiger partial charge in [0.15, 0.2) is 0 Å². The third kappa shape index (κ3) is 2.04. The van der Waals surface area contributed by atoms with Crippen LogP contribution in [0.3, 0.4) is 0 Å². The molecule has 1 aliphatic rings. The van der Waals surface area contributed by atoms with Crippen molar-refractivity contribution in [3.8, 4) is 5.75 Å². The van der Waals surface area contributed by atoms with Crippen molar-refractivity contribution in [3.63, 3.8) is 0 Å². The van der Waals surface area contributed by atoms with Crippen LogP contribution in [0.15, 0.2) is 42.5 Å². The molecule has 0 bridgehead atoms. The van der Waals surface area contributed by atoms with Gasteiger partial charge < -0.3 is 10.0 Å². The van der Waals surface area contributed by atoms with Gasteiger partial charge in [-0.1, -0.05) is 29.8 Å². The standard InChI is InChI=1S/C16H14ClNO2/c1-10-8-11-4-2-3-5-14(11)18(10)16(20)13-7-6-12(17)9-15(13)19/h2-7,9-10,19H,8H2,1H3. The van der Waals surface area contributed by atoms with Crippen LogP contribution in [0.1, 0.15) is 22.8 Å². The van der Waals surface area contributed by atoms with Crippen molar-refractivity contribution < 1.29 is 9.90 Å².